The van der Waals surface area contributed by atoms with Gasteiger partial charge < -0.3 is 37.5 Å². The zero-order valence-corrected chi connectivity index (χ0v) is 24.8. The number of benzene rings is 3. The molecule has 0 heterocycles. The van der Waals surface area contributed by atoms with Crippen LogP contribution in [0.4, 0.5) is 5.69 Å². The number of hydrogen-bond donors (Lipinski definition) is 6. The van der Waals surface area contributed by atoms with Crippen molar-refractivity contribution in [3.63, 3.8) is 0 Å². The Morgan fingerprint density at radius 1 is 0.860 bits per heavy atom. The number of carboxylic acid groups (broad SMARTS) is 2. The molecule has 11 heteroatoms. The minimum atomic E-state index is -0.933. The average Bonchev–Trinajstić information content (AvgIpc) is 2.99. The molecule has 0 aliphatic rings. The van der Waals surface area contributed by atoms with Crippen molar-refractivity contribution in [2.75, 3.05) is 25.5 Å². The standard InChI is InChI=1S/C9H9NO2.C9H10O3.C8H11N.C6H14N2O2/c1-7(12)10-9-4-2-8(6-11)3-5-9;1-12-8-4-2-7(3-5-8)6-9(10)11;9-7-6-8-4-2-1-3-5-8;7-4-2-1-3-5(8)6(9)10/h2-6H,1H3,(H,10,12);2-5H,6H2,1H3,(H,10,11);1-5H,6-7,9H2;5H,1-4,7-8H2,(H,9,10)/t;;;5-/m...0/s1. The van der Waals surface area contributed by atoms with Gasteiger partial charge in [0.25, 0.3) is 0 Å². The fraction of sp³-hybridized carbons (Fsp3) is 0.312. The molecule has 0 radical (unpaired) electrons. The van der Waals surface area contributed by atoms with Gasteiger partial charge in [-0.05, 0) is 79.9 Å². The van der Waals surface area contributed by atoms with E-state index >= 15 is 0 Å². The van der Waals surface area contributed by atoms with Gasteiger partial charge in [0.2, 0.25) is 5.91 Å². The summed E-state index contributed by atoms with van der Waals surface area (Å²) in [7, 11) is 1.58. The number of nitrogens with one attached hydrogen (secondary N) is 1. The molecule has 3 rings (SSSR count). The lowest BCUT2D eigenvalue weighted by molar-refractivity contribution is -0.139. The minimum absolute atomic E-state index is 0.0595. The van der Waals surface area contributed by atoms with Gasteiger partial charge in [0.1, 0.15) is 18.1 Å². The van der Waals surface area contributed by atoms with Gasteiger partial charge in [-0.15, -0.1) is 0 Å². The SMILES string of the molecule is CC(=O)Nc1ccc(C=O)cc1.COc1ccc(CC(=O)O)cc1.NCCCC[C@H](N)C(=O)O.NCCc1ccccc1. The quantitative estimate of drug-likeness (QED) is 0.132. The first-order chi connectivity index (χ1) is 20.6. The second-order valence-electron chi connectivity index (χ2n) is 9.09. The zero-order chi connectivity index (χ0) is 32.5. The van der Waals surface area contributed by atoms with E-state index in [2.05, 4.69) is 17.4 Å². The number of ether oxygens (including phenoxy) is 1. The van der Waals surface area contributed by atoms with Gasteiger partial charge in [0.05, 0.1) is 13.5 Å². The van der Waals surface area contributed by atoms with E-state index in [1.54, 1.807) is 55.6 Å². The minimum Gasteiger partial charge on any atom is -0.497 e. The molecule has 1 amide bonds. The number of nitrogens with two attached hydrogens (primary N) is 3. The highest BCUT2D eigenvalue weighted by Crippen LogP contribution is 2.11. The van der Waals surface area contributed by atoms with E-state index in [4.69, 9.17) is 32.2 Å². The van der Waals surface area contributed by atoms with Crippen molar-refractivity contribution in [1.29, 1.82) is 0 Å². The van der Waals surface area contributed by atoms with E-state index in [0.717, 1.165) is 43.4 Å². The number of unbranched alkanes of at least 4 members (excludes halogenated alkanes) is 1. The average molecular weight is 597 g/mol. The Morgan fingerprint density at radius 3 is 1.91 bits per heavy atom. The van der Waals surface area contributed by atoms with E-state index < -0.39 is 18.0 Å². The van der Waals surface area contributed by atoms with Crippen molar-refractivity contribution in [3.8, 4) is 5.75 Å². The zero-order valence-electron chi connectivity index (χ0n) is 24.8. The largest absolute Gasteiger partial charge is 0.497 e. The van der Waals surface area contributed by atoms with Gasteiger partial charge in [-0.2, -0.15) is 0 Å². The molecule has 43 heavy (non-hydrogen) atoms. The highest BCUT2D eigenvalue weighted by Gasteiger charge is 2.09. The third-order valence-electron chi connectivity index (χ3n) is 5.44. The number of aliphatic carboxylic acids is 2. The lowest BCUT2D eigenvalue weighted by atomic mass is 10.1. The molecule has 1 atom stereocenters. The number of anilines is 1. The summed E-state index contributed by atoms with van der Waals surface area (Å²) in [6.45, 7) is 2.78. The van der Waals surface area contributed by atoms with Crippen LogP contribution in [0.25, 0.3) is 0 Å². The van der Waals surface area contributed by atoms with Gasteiger partial charge in [-0.25, -0.2) is 0 Å². The first-order valence-corrected chi connectivity index (χ1v) is 13.7. The Labute approximate surface area is 253 Å². The Balaban J connectivity index is 0.000000551. The Hall–Kier alpha value is -4.58. The molecule has 0 aliphatic carbocycles. The molecule has 0 aromatic heterocycles. The molecule has 9 N–H and O–H groups in total. The summed E-state index contributed by atoms with van der Waals surface area (Å²) < 4.78 is 4.93. The van der Waals surface area contributed by atoms with Crippen LogP contribution < -0.4 is 27.3 Å². The maximum absolute atomic E-state index is 10.6. The summed E-state index contributed by atoms with van der Waals surface area (Å²) >= 11 is 0. The van der Waals surface area contributed by atoms with E-state index in [1.165, 1.54) is 12.5 Å². The number of methoxy groups -OCH3 is 1. The third-order valence-corrected chi connectivity index (χ3v) is 5.44. The molecule has 0 aliphatic heterocycles. The van der Waals surface area contributed by atoms with Crippen LogP contribution in [0.2, 0.25) is 0 Å². The second kappa shape index (κ2) is 24.1. The molecule has 0 saturated carbocycles. The third kappa shape index (κ3) is 20.9. The Morgan fingerprint density at radius 2 is 1.47 bits per heavy atom. The smallest absolute Gasteiger partial charge is 0.320 e. The van der Waals surface area contributed by atoms with E-state index in [1.807, 2.05) is 18.2 Å². The van der Waals surface area contributed by atoms with Gasteiger partial charge in [-0.1, -0.05) is 48.9 Å². The Kier molecular flexibility index (Phi) is 21.5. The molecular weight excluding hydrogens is 552 g/mol. The van der Waals surface area contributed by atoms with Crippen LogP contribution in [0.15, 0.2) is 78.9 Å². The van der Waals surface area contributed by atoms with Crippen LogP contribution in [0.1, 0.15) is 47.7 Å². The molecule has 234 valence electrons. The van der Waals surface area contributed by atoms with Gasteiger partial charge in [0.15, 0.2) is 0 Å². The summed E-state index contributed by atoms with van der Waals surface area (Å²) in [6, 6.07) is 23.2. The summed E-state index contributed by atoms with van der Waals surface area (Å²) in [6.07, 6.45) is 3.97. The first kappa shape index (κ1) is 38.4. The van der Waals surface area contributed by atoms with Crippen LogP contribution in [0.3, 0.4) is 0 Å². The van der Waals surface area contributed by atoms with Gasteiger partial charge in [-0.3, -0.25) is 19.2 Å². The molecule has 0 saturated heterocycles. The van der Waals surface area contributed by atoms with E-state index in [9.17, 15) is 19.2 Å². The lowest BCUT2D eigenvalue weighted by Gasteiger charge is -2.03. The second-order valence-corrected chi connectivity index (χ2v) is 9.09. The number of aldehydes is 1. The molecule has 0 bridgehead atoms. The fourth-order valence-electron chi connectivity index (χ4n) is 3.21. The maximum Gasteiger partial charge on any atom is 0.320 e. The highest BCUT2D eigenvalue weighted by atomic mass is 16.5. The predicted octanol–water partition coefficient (Wildman–Crippen LogP) is 3.49. The van der Waals surface area contributed by atoms with Crippen molar-refractivity contribution in [2.45, 2.75) is 45.1 Å². The lowest BCUT2D eigenvalue weighted by Crippen LogP contribution is -2.29. The van der Waals surface area contributed by atoms with E-state index in [0.29, 0.717) is 24.2 Å². The van der Waals surface area contributed by atoms with Crippen molar-refractivity contribution < 1.29 is 34.1 Å². The molecule has 0 spiro atoms. The van der Waals surface area contributed by atoms with Crippen molar-refractivity contribution >= 4 is 29.8 Å². The molecular formula is C32H44N4O7. The maximum atomic E-state index is 10.6. The van der Waals surface area contributed by atoms with Crippen LogP contribution in [-0.2, 0) is 27.2 Å². The molecule has 3 aromatic carbocycles. The highest BCUT2D eigenvalue weighted by molar-refractivity contribution is 5.89. The van der Waals surface area contributed by atoms with Gasteiger partial charge in [0, 0.05) is 18.2 Å². The molecule has 11 nitrogen and oxygen atoms in total. The predicted molar refractivity (Wildman–Crippen MR) is 168 cm³/mol. The summed E-state index contributed by atoms with van der Waals surface area (Å²) in [5.41, 5.74) is 19.2. The van der Waals surface area contributed by atoms with Crippen molar-refractivity contribution in [3.05, 3.63) is 95.6 Å². The fourth-order valence-corrected chi connectivity index (χ4v) is 3.21. The topological polar surface area (TPSA) is 208 Å². The molecule has 0 fully saturated rings. The molecule has 3 aromatic rings. The monoisotopic (exact) mass is 596 g/mol. The number of amides is 1. The number of carbonyl (C=O) groups excluding carboxylic acids is 2. The van der Waals surface area contributed by atoms with Crippen LogP contribution in [-0.4, -0.2) is 60.6 Å². The molecule has 0 unspecified atom stereocenters. The number of hydrogen-bond acceptors (Lipinski definition) is 8. The summed E-state index contributed by atoms with van der Waals surface area (Å²) in [5.74, 6) is -1.13. The van der Waals surface area contributed by atoms with Crippen LogP contribution >= 0.6 is 0 Å². The van der Waals surface area contributed by atoms with Crippen molar-refractivity contribution in [1.82, 2.24) is 0 Å². The van der Waals surface area contributed by atoms with Crippen molar-refractivity contribution in [2.24, 2.45) is 17.2 Å². The number of carbonyl (C=O) groups is 4. The normalized spacial score (nSPS) is 10.2. The number of carboxylic acids is 2. The van der Waals surface area contributed by atoms with Crippen LogP contribution in [0.5, 0.6) is 5.75 Å². The number of rotatable bonds is 12. The first-order valence-electron chi connectivity index (χ1n) is 13.7. The Bertz CT molecular complexity index is 1190. The van der Waals surface area contributed by atoms with E-state index in [-0.39, 0.29) is 12.3 Å². The van der Waals surface area contributed by atoms with Gasteiger partial charge >= 0.3 is 11.9 Å². The van der Waals surface area contributed by atoms with Crippen LogP contribution in [0, 0.1) is 0 Å². The summed E-state index contributed by atoms with van der Waals surface area (Å²) in [5, 5.41) is 19.4. The summed E-state index contributed by atoms with van der Waals surface area (Å²) in [4.78, 5) is 41.3.